The lowest BCUT2D eigenvalue weighted by atomic mass is 10.1. The number of rotatable bonds is 10. The highest BCUT2D eigenvalue weighted by molar-refractivity contribution is 7.99. The van der Waals surface area contributed by atoms with Crippen molar-refractivity contribution in [2.75, 3.05) is 26.7 Å². The minimum Gasteiger partial charge on any atom is -0.356 e. The summed E-state index contributed by atoms with van der Waals surface area (Å²) in [6, 6.07) is 14.6. The molecule has 1 unspecified atom stereocenters. The highest BCUT2D eigenvalue weighted by atomic mass is 32.2. The van der Waals surface area contributed by atoms with Crippen molar-refractivity contribution in [1.29, 1.82) is 0 Å². The summed E-state index contributed by atoms with van der Waals surface area (Å²) in [6.45, 7) is 7.96. The van der Waals surface area contributed by atoms with Crippen LogP contribution in [0.4, 0.5) is 4.39 Å². The molecule has 0 bridgehead atoms. The second kappa shape index (κ2) is 13.4. The number of aromatic nitrogens is 3. The number of carbonyl (C=O) groups is 1. The first-order chi connectivity index (χ1) is 20.0. The molecule has 214 valence electrons. The van der Waals surface area contributed by atoms with E-state index in [-0.39, 0.29) is 12.1 Å². The van der Waals surface area contributed by atoms with Crippen LogP contribution in [0.2, 0.25) is 0 Å². The summed E-state index contributed by atoms with van der Waals surface area (Å²) in [6.07, 6.45) is 8.82. The standard InChI is InChI=1S/C32H36FN5O2S/c1-4-37(5-2)21-22-9-11-24(35-20-22)12-15-28-26-14-13-25(19-29(26)38(36-28)31-8-6-7-17-40-31)41-30-16-10-23(33)18-27(30)32(39)34-3/h9-16,18-20,31H,4-8,17,21H2,1-3H3,(H,34,39)/b15-12+. The van der Waals surface area contributed by atoms with Crippen LogP contribution in [0.15, 0.2) is 64.5 Å². The van der Waals surface area contributed by atoms with Crippen LogP contribution in [0.25, 0.3) is 23.1 Å². The molecule has 0 radical (unpaired) electrons. The van der Waals surface area contributed by atoms with Gasteiger partial charge < -0.3 is 10.1 Å². The molecule has 7 nitrogen and oxygen atoms in total. The number of fused-ring (bicyclic) bond motifs is 1. The van der Waals surface area contributed by atoms with E-state index in [9.17, 15) is 9.18 Å². The first kappa shape index (κ1) is 29.0. The number of nitrogens with zero attached hydrogens (tertiary/aromatic N) is 4. The van der Waals surface area contributed by atoms with Crippen molar-refractivity contribution in [3.05, 3.63) is 83.1 Å². The van der Waals surface area contributed by atoms with E-state index in [1.807, 2.05) is 41.2 Å². The van der Waals surface area contributed by atoms with Gasteiger partial charge in [0.25, 0.3) is 5.91 Å². The lowest BCUT2D eigenvalue weighted by molar-refractivity contribution is -0.0367. The lowest BCUT2D eigenvalue weighted by Gasteiger charge is -2.23. The van der Waals surface area contributed by atoms with E-state index in [2.05, 4.69) is 41.2 Å². The average Bonchev–Trinajstić information content (AvgIpc) is 3.38. The van der Waals surface area contributed by atoms with Crippen molar-refractivity contribution < 1.29 is 13.9 Å². The van der Waals surface area contributed by atoms with Gasteiger partial charge in [-0.15, -0.1) is 0 Å². The highest BCUT2D eigenvalue weighted by Gasteiger charge is 2.21. The summed E-state index contributed by atoms with van der Waals surface area (Å²) in [5.41, 5.74) is 4.16. The molecule has 3 heterocycles. The number of pyridine rings is 1. The second-order valence-electron chi connectivity index (χ2n) is 10.0. The number of nitrogens with one attached hydrogen (secondary N) is 1. The Labute approximate surface area is 244 Å². The fourth-order valence-corrected chi connectivity index (χ4v) is 5.95. The summed E-state index contributed by atoms with van der Waals surface area (Å²) in [4.78, 5) is 21.0. The maximum absolute atomic E-state index is 13.9. The van der Waals surface area contributed by atoms with Crippen LogP contribution in [0.1, 0.15) is 66.6 Å². The normalized spacial score (nSPS) is 15.7. The van der Waals surface area contributed by atoms with Crippen LogP contribution in [-0.2, 0) is 11.3 Å². The van der Waals surface area contributed by atoms with Crippen molar-refractivity contribution in [3.8, 4) is 0 Å². The zero-order valence-corrected chi connectivity index (χ0v) is 24.6. The number of halogens is 1. The van der Waals surface area contributed by atoms with Crippen molar-refractivity contribution in [2.24, 2.45) is 0 Å². The van der Waals surface area contributed by atoms with Crippen LogP contribution in [0.3, 0.4) is 0 Å². The molecule has 41 heavy (non-hydrogen) atoms. The fourth-order valence-electron chi connectivity index (χ4n) is 4.99. The van der Waals surface area contributed by atoms with Crippen LogP contribution in [0.5, 0.6) is 0 Å². The molecule has 4 aromatic rings. The molecule has 1 fully saturated rings. The molecule has 0 saturated carbocycles. The molecule has 0 spiro atoms. The van der Waals surface area contributed by atoms with Gasteiger partial charge in [-0.05, 0) is 92.5 Å². The second-order valence-corrected chi connectivity index (χ2v) is 11.2. The third kappa shape index (κ3) is 6.86. The smallest absolute Gasteiger partial charge is 0.252 e. The Kier molecular flexibility index (Phi) is 9.49. The molecule has 1 aliphatic heterocycles. The molecule has 1 saturated heterocycles. The van der Waals surface area contributed by atoms with Gasteiger partial charge in [-0.1, -0.05) is 31.7 Å². The van der Waals surface area contributed by atoms with Gasteiger partial charge in [0.2, 0.25) is 0 Å². The summed E-state index contributed by atoms with van der Waals surface area (Å²) in [5, 5.41) is 8.58. The number of hydrogen-bond donors (Lipinski definition) is 1. The van der Waals surface area contributed by atoms with Crippen LogP contribution in [0, 0.1) is 5.82 Å². The Hall–Kier alpha value is -3.53. The zero-order chi connectivity index (χ0) is 28.8. The summed E-state index contributed by atoms with van der Waals surface area (Å²) < 4.78 is 22.0. The third-order valence-corrected chi connectivity index (χ3v) is 8.40. The summed E-state index contributed by atoms with van der Waals surface area (Å²) >= 11 is 1.42. The Balaban J connectivity index is 1.45. The number of ether oxygens (including phenoxy) is 1. The van der Waals surface area contributed by atoms with E-state index in [1.165, 1.54) is 29.5 Å². The molecule has 1 aliphatic rings. The van der Waals surface area contributed by atoms with E-state index >= 15 is 0 Å². The molecule has 1 atom stereocenters. The van der Waals surface area contributed by atoms with Crippen LogP contribution in [-0.4, -0.2) is 52.3 Å². The van der Waals surface area contributed by atoms with Gasteiger partial charge in [0.1, 0.15) is 5.82 Å². The SMILES string of the molecule is CCN(CC)Cc1ccc(/C=C/c2nn(C3CCCCO3)c3cc(Sc4ccc(F)cc4C(=O)NC)ccc23)nc1. The number of amides is 1. The molecule has 9 heteroatoms. The van der Waals surface area contributed by atoms with Crippen LogP contribution >= 0.6 is 11.8 Å². The minimum atomic E-state index is -0.444. The van der Waals surface area contributed by atoms with E-state index in [4.69, 9.17) is 9.84 Å². The molecule has 1 N–H and O–H groups in total. The average molecular weight is 574 g/mol. The molecule has 5 rings (SSSR count). The highest BCUT2D eigenvalue weighted by Crippen LogP contribution is 2.36. The van der Waals surface area contributed by atoms with Gasteiger partial charge in [-0.3, -0.25) is 14.7 Å². The number of carbonyl (C=O) groups excluding carboxylic acids is 1. The fraction of sp³-hybridized carbons (Fsp3) is 0.344. The van der Waals surface area contributed by atoms with E-state index in [1.54, 1.807) is 13.1 Å². The van der Waals surface area contributed by atoms with E-state index in [0.717, 1.165) is 66.1 Å². The zero-order valence-electron chi connectivity index (χ0n) is 23.8. The predicted molar refractivity (Wildman–Crippen MR) is 162 cm³/mol. The Morgan fingerprint density at radius 1 is 1.15 bits per heavy atom. The number of hydrogen-bond acceptors (Lipinski definition) is 6. The van der Waals surface area contributed by atoms with Gasteiger partial charge >= 0.3 is 0 Å². The molecule has 1 amide bonds. The van der Waals surface area contributed by atoms with Crippen molar-refractivity contribution in [3.63, 3.8) is 0 Å². The maximum Gasteiger partial charge on any atom is 0.252 e. The first-order valence-electron chi connectivity index (χ1n) is 14.2. The predicted octanol–water partition coefficient (Wildman–Crippen LogP) is 6.79. The monoisotopic (exact) mass is 573 g/mol. The Bertz CT molecular complexity index is 1530. The largest absolute Gasteiger partial charge is 0.356 e. The van der Waals surface area contributed by atoms with Gasteiger partial charge in [0.15, 0.2) is 6.23 Å². The van der Waals surface area contributed by atoms with Gasteiger partial charge in [0.05, 0.1) is 22.5 Å². The molecular formula is C32H36FN5O2S. The topological polar surface area (TPSA) is 72.3 Å². The molecule has 2 aromatic carbocycles. The van der Waals surface area contributed by atoms with Crippen molar-refractivity contribution >= 4 is 40.7 Å². The van der Waals surface area contributed by atoms with Crippen molar-refractivity contribution in [1.82, 2.24) is 25.0 Å². The van der Waals surface area contributed by atoms with Crippen LogP contribution < -0.4 is 5.32 Å². The van der Waals surface area contributed by atoms with Gasteiger partial charge in [0, 0.05) is 41.6 Å². The third-order valence-electron chi connectivity index (χ3n) is 7.34. The van der Waals surface area contributed by atoms with Crippen molar-refractivity contribution in [2.45, 2.75) is 55.7 Å². The van der Waals surface area contributed by atoms with E-state index in [0.29, 0.717) is 17.1 Å². The Morgan fingerprint density at radius 3 is 2.71 bits per heavy atom. The van der Waals surface area contributed by atoms with E-state index < -0.39 is 5.82 Å². The lowest BCUT2D eigenvalue weighted by Crippen LogP contribution is -2.22. The maximum atomic E-state index is 13.9. The minimum absolute atomic E-state index is 0.140. The molecule has 2 aromatic heterocycles. The Morgan fingerprint density at radius 2 is 2.00 bits per heavy atom. The first-order valence-corrected chi connectivity index (χ1v) is 15.0. The summed E-state index contributed by atoms with van der Waals surface area (Å²) in [7, 11) is 1.54. The quantitative estimate of drug-likeness (QED) is 0.225. The van der Waals surface area contributed by atoms with Gasteiger partial charge in [-0.2, -0.15) is 5.10 Å². The summed E-state index contributed by atoms with van der Waals surface area (Å²) in [5.74, 6) is -0.767. The number of benzene rings is 2. The molecule has 0 aliphatic carbocycles. The van der Waals surface area contributed by atoms with Gasteiger partial charge in [-0.25, -0.2) is 9.07 Å². The molecular weight excluding hydrogens is 537 g/mol.